The molecule has 0 unspecified atom stereocenters. The predicted molar refractivity (Wildman–Crippen MR) is 118 cm³/mol. The van der Waals surface area contributed by atoms with Crippen LogP contribution in [0, 0.1) is 0 Å². The van der Waals surface area contributed by atoms with Crippen LogP contribution in [0.3, 0.4) is 0 Å². The fraction of sp³-hybridized carbons (Fsp3) is 0.273. The van der Waals surface area contributed by atoms with Crippen molar-refractivity contribution >= 4 is 11.6 Å². The van der Waals surface area contributed by atoms with Gasteiger partial charge in [0.2, 0.25) is 0 Å². The zero-order valence-corrected chi connectivity index (χ0v) is 17.7. The maximum Gasteiger partial charge on any atom is 0.329 e. The molecule has 0 aliphatic heterocycles. The van der Waals surface area contributed by atoms with Crippen LogP contribution in [0.15, 0.2) is 53.3 Å². The standard InChI is InChI=1S/C22H23ClN6O/c1-3-7-19-20(23)28(4-2)22(30)29(19)14-15-10-12-16(13-11-15)17-8-5-6-9-18(17)21-24-26-27-25-21/h5-6,8-13H,3-4,7,14H2,1-2H3,(H,24,25,26,27). The first-order valence-corrected chi connectivity index (χ1v) is 10.4. The van der Waals surface area contributed by atoms with E-state index in [0.29, 0.717) is 24.1 Å². The largest absolute Gasteiger partial charge is 0.329 e. The zero-order chi connectivity index (χ0) is 21.1. The highest BCUT2D eigenvalue weighted by Gasteiger charge is 2.17. The van der Waals surface area contributed by atoms with Crippen molar-refractivity contribution < 1.29 is 0 Å². The van der Waals surface area contributed by atoms with Gasteiger partial charge in [-0.15, -0.1) is 5.10 Å². The number of tetrazole rings is 1. The van der Waals surface area contributed by atoms with E-state index in [2.05, 4.69) is 39.7 Å². The number of imidazole rings is 1. The van der Waals surface area contributed by atoms with Gasteiger partial charge in [-0.05, 0) is 40.5 Å². The Labute approximate surface area is 179 Å². The average Bonchev–Trinajstić information content (AvgIpc) is 3.38. The number of aromatic nitrogens is 6. The molecule has 0 radical (unpaired) electrons. The number of H-pyrrole nitrogens is 1. The summed E-state index contributed by atoms with van der Waals surface area (Å²) < 4.78 is 3.42. The molecule has 0 fully saturated rings. The number of rotatable bonds is 7. The minimum Gasteiger partial charge on any atom is -0.290 e. The smallest absolute Gasteiger partial charge is 0.290 e. The van der Waals surface area contributed by atoms with Crippen LogP contribution in [0.1, 0.15) is 31.5 Å². The second-order valence-corrected chi connectivity index (χ2v) is 7.45. The second kappa shape index (κ2) is 8.67. The van der Waals surface area contributed by atoms with Gasteiger partial charge >= 0.3 is 5.69 Å². The van der Waals surface area contributed by atoms with E-state index in [1.165, 1.54) is 0 Å². The lowest BCUT2D eigenvalue weighted by molar-refractivity contribution is 0.653. The first-order valence-electron chi connectivity index (χ1n) is 10.0. The highest BCUT2D eigenvalue weighted by atomic mass is 35.5. The van der Waals surface area contributed by atoms with E-state index in [4.69, 9.17) is 11.6 Å². The molecule has 154 valence electrons. The molecule has 2 aromatic carbocycles. The maximum absolute atomic E-state index is 12.8. The van der Waals surface area contributed by atoms with Gasteiger partial charge in [0.05, 0.1) is 12.2 Å². The first kappa shape index (κ1) is 20.1. The minimum absolute atomic E-state index is 0.0572. The molecule has 0 saturated carbocycles. The molecule has 0 atom stereocenters. The quantitative estimate of drug-likeness (QED) is 0.484. The summed E-state index contributed by atoms with van der Waals surface area (Å²) in [7, 11) is 0. The van der Waals surface area contributed by atoms with Crippen LogP contribution in [0.4, 0.5) is 0 Å². The molecule has 2 aromatic heterocycles. The van der Waals surface area contributed by atoms with Gasteiger partial charge in [-0.2, -0.15) is 0 Å². The molecule has 0 saturated heterocycles. The summed E-state index contributed by atoms with van der Waals surface area (Å²) in [6, 6.07) is 16.2. The van der Waals surface area contributed by atoms with Crippen molar-refractivity contribution in [3.8, 4) is 22.5 Å². The Hall–Kier alpha value is -3.19. The van der Waals surface area contributed by atoms with Crippen LogP contribution in [0.25, 0.3) is 22.5 Å². The molecule has 0 aliphatic carbocycles. The van der Waals surface area contributed by atoms with E-state index in [9.17, 15) is 4.79 Å². The Morgan fingerprint density at radius 1 is 1.00 bits per heavy atom. The molecule has 4 rings (SSSR count). The SMILES string of the molecule is CCCc1c(Cl)n(CC)c(=O)n1Cc1ccc(-c2ccccc2-c2nnn[nH]2)cc1. The summed E-state index contributed by atoms with van der Waals surface area (Å²) in [6.45, 7) is 5.08. The molecule has 1 N–H and O–H groups in total. The number of hydrogen-bond acceptors (Lipinski definition) is 4. The van der Waals surface area contributed by atoms with E-state index < -0.39 is 0 Å². The summed E-state index contributed by atoms with van der Waals surface area (Å²) in [5, 5.41) is 14.8. The van der Waals surface area contributed by atoms with E-state index in [-0.39, 0.29) is 5.69 Å². The van der Waals surface area contributed by atoms with Crippen molar-refractivity contribution in [3.05, 3.63) is 75.4 Å². The molecule has 0 spiro atoms. The number of hydrogen-bond donors (Lipinski definition) is 1. The van der Waals surface area contributed by atoms with Crippen LogP contribution < -0.4 is 5.69 Å². The molecule has 30 heavy (non-hydrogen) atoms. The summed E-state index contributed by atoms with van der Waals surface area (Å²) in [5.41, 5.74) is 4.91. The first-order chi connectivity index (χ1) is 14.6. The highest BCUT2D eigenvalue weighted by Crippen LogP contribution is 2.30. The van der Waals surface area contributed by atoms with E-state index >= 15 is 0 Å². The molecular formula is C22H23ClN6O. The Morgan fingerprint density at radius 2 is 1.73 bits per heavy atom. The average molecular weight is 423 g/mol. The van der Waals surface area contributed by atoms with Gasteiger partial charge in [-0.1, -0.05) is 73.5 Å². The van der Waals surface area contributed by atoms with Crippen LogP contribution in [-0.4, -0.2) is 29.8 Å². The van der Waals surface area contributed by atoms with Crippen molar-refractivity contribution in [2.75, 3.05) is 0 Å². The van der Waals surface area contributed by atoms with Gasteiger partial charge in [0.25, 0.3) is 0 Å². The zero-order valence-electron chi connectivity index (χ0n) is 17.0. The Bertz CT molecular complexity index is 1190. The monoisotopic (exact) mass is 422 g/mol. The minimum atomic E-state index is -0.0572. The van der Waals surface area contributed by atoms with Crippen molar-refractivity contribution in [1.29, 1.82) is 0 Å². The summed E-state index contributed by atoms with van der Waals surface area (Å²) in [5.74, 6) is 0.626. The van der Waals surface area contributed by atoms with Crippen LogP contribution >= 0.6 is 11.6 Å². The number of halogens is 1. The lowest BCUT2D eigenvalue weighted by Crippen LogP contribution is -2.25. The van der Waals surface area contributed by atoms with Gasteiger partial charge in [0.15, 0.2) is 5.82 Å². The molecule has 2 heterocycles. The van der Waals surface area contributed by atoms with E-state index in [0.717, 1.165) is 40.8 Å². The van der Waals surface area contributed by atoms with Gasteiger partial charge in [-0.3, -0.25) is 9.13 Å². The molecule has 8 heteroatoms. The summed E-state index contributed by atoms with van der Waals surface area (Å²) >= 11 is 6.47. The topological polar surface area (TPSA) is 81.4 Å². The third kappa shape index (κ3) is 3.68. The number of nitrogens with zero attached hydrogens (tertiary/aromatic N) is 5. The molecule has 4 aromatic rings. The molecule has 7 nitrogen and oxygen atoms in total. The number of nitrogens with one attached hydrogen (secondary N) is 1. The van der Waals surface area contributed by atoms with Crippen molar-refractivity contribution in [3.63, 3.8) is 0 Å². The summed E-state index contributed by atoms with van der Waals surface area (Å²) in [6.07, 6.45) is 1.71. The maximum atomic E-state index is 12.8. The summed E-state index contributed by atoms with van der Waals surface area (Å²) in [4.78, 5) is 12.8. The number of benzene rings is 2. The van der Waals surface area contributed by atoms with Crippen LogP contribution in [-0.2, 0) is 19.5 Å². The highest BCUT2D eigenvalue weighted by molar-refractivity contribution is 6.30. The lowest BCUT2D eigenvalue weighted by Gasteiger charge is -2.10. The third-order valence-corrected chi connectivity index (χ3v) is 5.62. The third-order valence-electron chi connectivity index (χ3n) is 5.20. The molecule has 0 bridgehead atoms. The lowest BCUT2D eigenvalue weighted by atomic mass is 9.98. The molecular weight excluding hydrogens is 400 g/mol. The fourth-order valence-corrected chi connectivity index (χ4v) is 4.10. The van der Waals surface area contributed by atoms with Crippen LogP contribution in [0.5, 0.6) is 0 Å². The normalized spacial score (nSPS) is 11.2. The second-order valence-electron chi connectivity index (χ2n) is 7.09. The van der Waals surface area contributed by atoms with Gasteiger partial charge in [-0.25, -0.2) is 9.89 Å². The van der Waals surface area contributed by atoms with Gasteiger partial charge < -0.3 is 0 Å². The number of aromatic amines is 1. The fourth-order valence-electron chi connectivity index (χ4n) is 3.71. The van der Waals surface area contributed by atoms with Crippen molar-refractivity contribution in [1.82, 2.24) is 29.8 Å². The van der Waals surface area contributed by atoms with Gasteiger partial charge in [0.1, 0.15) is 5.15 Å². The van der Waals surface area contributed by atoms with Crippen molar-refractivity contribution in [2.45, 2.75) is 39.8 Å². The predicted octanol–water partition coefficient (Wildman–Crippen LogP) is 4.17. The van der Waals surface area contributed by atoms with Crippen molar-refractivity contribution in [2.24, 2.45) is 0 Å². The van der Waals surface area contributed by atoms with E-state index in [1.807, 2.05) is 43.3 Å². The Kier molecular flexibility index (Phi) is 5.81. The molecule has 0 aliphatic rings. The Morgan fingerprint density at radius 3 is 2.37 bits per heavy atom. The van der Waals surface area contributed by atoms with E-state index in [1.54, 1.807) is 9.13 Å². The van der Waals surface area contributed by atoms with Crippen LogP contribution in [0.2, 0.25) is 5.15 Å². The van der Waals surface area contributed by atoms with Gasteiger partial charge in [0, 0.05) is 12.1 Å². The molecule has 0 amide bonds. The Balaban J connectivity index is 1.66.